The molecule has 2 heteroatoms. The molecule has 2 aromatic carbocycles. The Bertz CT molecular complexity index is 656. The average Bonchev–Trinajstić information content (AvgIpc) is 3.06. The predicted octanol–water partition coefficient (Wildman–Crippen LogP) is 4.56. The Morgan fingerprint density at radius 1 is 0.913 bits per heavy atom. The first-order chi connectivity index (χ1) is 11.3. The number of methoxy groups -OCH3 is 1. The van der Waals surface area contributed by atoms with Crippen molar-refractivity contribution in [2.24, 2.45) is 0 Å². The Morgan fingerprint density at radius 3 is 2.39 bits per heavy atom. The summed E-state index contributed by atoms with van der Waals surface area (Å²) in [7, 11) is 1.73. The zero-order valence-corrected chi connectivity index (χ0v) is 13.9. The zero-order chi connectivity index (χ0) is 15.6. The molecule has 0 radical (unpaired) electrons. The van der Waals surface area contributed by atoms with Crippen LogP contribution >= 0.6 is 0 Å². The maximum absolute atomic E-state index is 5.27. The minimum Gasteiger partial charge on any atom is -0.497 e. The highest BCUT2D eigenvalue weighted by Crippen LogP contribution is 2.39. The summed E-state index contributed by atoms with van der Waals surface area (Å²) < 4.78 is 5.27. The lowest BCUT2D eigenvalue weighted by Gasteiger charge is -2.36. The number of fused-ring (bicyclic) bond motifs is 1. The summed E-state index contributed by atoms with van der Waals surface area (Å²) in [6.45, 7) is 2.44. The van der Waals surface area contributed by atoms with E-state index in [1.54, 1.807) is 18.2 Å². The lowest BCUT2D eigenvalue weighted by molar-refractivity contribution is 0.152. The summed E-state index contributed by atoms with van der Waals surface area (Å²) in [4.78, 5) is 2.71. The van der Waals surface area contributed by atoms with E-state index in [9.17, 15) is 0 Å². The van der Waals surface area contributed by atoms with Gasteiger partial charge in [-0.2, -0.15) is 0 Å². The molecule has 1 aliphatic heterocycles. The predicted molar refractivity (Wildman–Crippen MR) is 94.0 cm³/mol. The summed E-state index contributed by atoms with van der Waals surface area (Å²) in [6.07, 6.45) is 5.09. The van der Waals surface area contributed by atoms with Gasteiger partial charge in [0, 0.05) is 6.04 Å². The smallest absolute Gasteiger partial charge is 0.118 e. The minimum absolute atomic E-state index is 0.656. The molecule has 2 aliphatic rings. The molecule has 2 nitrogen and oxygen atoms in total. The number of hydrogen-bond acceptors (Lipinski definition) is 2. The number of likely N-dealkylation sites (tertiary alicyclic amines) is 1. The van der Waals surface area contributed by atoms with Crippen molar-refractivity contribution < 1.29 is 4.74 Å². The number of benzene rings is 2. The molecule has 1 saturated heterocycles. The van der Waals surface area contributed by atoms with E-state index >= 15 is 0 Å². The summed E-state index contributed by atoms with van der Waals surface area (Å²) in [5.74, 6) is 1.66. The fourth-order valence-corrected chi connectivity index (χ4v) is 4.33. The van der Waals surface area contributed by atoms with Crippen molar-refractivity contribution in [3.05, 3.63) is 65.2 Å². The van der Waals surface area contributed by atoms with E-state index in [2.05, 4.69) is 53.4 Å². The van der Waals surface area contributed by atoms with Crippen molar-refractivity contribution >= 4 is 0 Å². The molecule has 0 N–H and O–H groups in total. The van der Waals surface area contributed by atoms with Crippen LogP contribution < -0.4 is 4.74 Å². The van der Waals surface area contributed by atoms with Gasteiger partial charge in [0.15, 0.2) is 0 Å². The Morgan fingerprint density at radius 2 is 1.65 bits per heavy atom. The van der Waals surface area contributed by atoms with Gasteiger partial charge in [0.2, 0.25) is 0 Å². The van der Waals surface area contributed by atoms with E-state index in [1.807, 2.05) is 0 Å². The van der Waals surface area contributed by atoms with E-state index < -0.39 is 0 Å². The molecule has 1 fully saturated rings. The third-order valence-electron chi connectivity index (χ3n) is 5.66. The first-order valence-electron chi connectivity index (χ1n) is 8.81. The molecule has 120 valence electrons. The number of aryl methyl sites for hydroxylation is 1. The zero-order valence-electron chi connectivity index (χ0n) is 13.9. The van der Waals surface area contributed by atoms with Gasteiger partial charge in [-0.15, -0.1) is 0 Å². The van der Waals surface area contributed by atoms with Crippen LogP contribution in [0.2, 0.25) is 0 Å². The fraction of sp³-hybridized carbons (Fsp3) is 0.429. The second-order valence-electron chi connectivity index (χ2n) is 6.84. The third kappa shape index (κ3) is 2.88. The topological polar surface area (TPSA) is 12.5 Å². The Kier molecular flexibility index (Phi) is 4.09. The van der Waals surface area contributed by atoms with Gasteiger partial charge in [-0.3, -0.25) is 4.90 Å². The van der Waals surface area contributed by atoms with Gasteiger partial charge in [0.05, 0.1) is 7.11 Å². The second-order valence-corrected chi connectivity index (χ2v) is 6.84. The summed E-state index contributed by atoms with van der Waals surface area (Å²) in [6, 6.07) is 18.3. The summed E-state index contributed by atoms with van der Waals surface area (Å²) in [5.41, 5.74) is 4.61. The molecular weight excluding hydrogens is 282 g/mol. The second kappa shape index (κ2) is 6.37. The van der Waals surface area contributed by atoms with Gasteiger partial charge in [-0.1, -0.05) is 36.4 Å². The van der Waals surface area contributed by atoms with E-state index in [4.69, 9.17) is 4.74 Å². The molecule has 0 spiro atoms. The highest BCUT2D eigenvalue weighted by Gasteiger charge is 2.30. The largest absolute Gasteiger partial charge is 0.497 e. The van der Waals surface area contributed by atoms with Gasteiger partial charge in [0.1, 0.15) is 5.75 Å². The van der Waals surface area contributed by atoms with Crippen LogP contribution in [0.1, 0.15) is 47.9 Å². The minimum atomic E-state index is 0.656. The molecule has 1 heterocycles. The fourth-order valence-electron chi connectivity index (χ4n) is 4.33. The third-order valence-corrected chi connectivity index (χ3v) is 5.66. The lowest BCUT2D eigenvalue weighted by atomic mass is 9.88. The number of piperidine rings is 1. The average molecular weight is 307 g/mol. The number of rotatable bonds is 3. The van der Waals surface area contributed by atoms with Gasteiger partial charge in [0.25, 0.3) is 0 Å². The van der Waals surface area contributed by atoms with E-state index in [-0.39, 0.29) is 0 Å². The molecule has 2 aromatic rings. The lowest BCUT2D eigenvalue weighted by Crippen LogP contribution is -2.35. The van der Waals surface area contributed by atoms with Crippen LogP contribution in [0, 0.1) is 0 Å². The monoisotopic (exact) mass is 307 g/mol. The van der Waals surface area contributed by atoms with Crippen molar-refractivity contribution in [1.82, 2.24) is 4.90 Å². The molecular formula is C21H25NO. The maximum Gasteiger partial charge on any atom is 0.118 e. The van der Waals surface area contributed by atoms with Crippen LogP contribution in [0.3, 0.4) is 0 Å². The Balaban J connectivity index is 1.41. The molecule has 0 bridgehead atoms. The van der Waals surface area contributed by atoms with Crippen LogP contribution in [-0.4, -0.2) is 25.1 Å². The van der Waals surface area contributed by atoms with Crippen molar-refractivity contribution in [1.29, 1.82) is 0 Å². The molecule has 0 unspecified atom stereocenters. The first kappa shape index (κ1) is 14.8. The standard InChI is InChI=1S/C21H25NO/c1-23-19-9-6-16(7-10-19)17-12-14-22(15-13-17)21-11-8-18-4-2-3-5-20(18)21/h2-7,9-10,17,21H,8,11-15H2,1H3/t21-/m0/s1. The van der Waals surface area contributed by atoms with Gasteiger partial charge in [-0.25, -0.2) is 0 Å². The molecule has 1 atom stereocenters. The van der Waals surface area contributed by atoms with Crippen LogP contribution in [0.4, 0.5) is 0 Å². The maximum atomic E-state index is 5.27. The van der Waals surface area contributed by atoms with Gasteiger partial charge < -0.3 is 4.74 Å². The number of ether oxygens (including phenoxy) is 1. The van der Waals surface area contributed by atoms with Crippen LogP contribution in [0.5, 0.6) is 5.75 Å². The Labute approximate surface area is 139 Å². The molecule has 0 aromatic heterocycles. The first-order valence-corrected chi connectivity index (χ1v) is 8.81. The summed E-state index contributed by atoms with van der Waals surface area (Å²) in [5, 5.41) is 0. The summed E-state index contributed by atoms with van der Waals surface area (Å²) >= 11 is 0. The van der Waals surface area contributed by atoms with Crippen molar-refractivity contribution in [3.8, 4) is 5.75 Å². The van der Waals surface area contributed by atoms with Crippen molar-refractivity contribution in [2.75, 3.05) is 20.2 Å². The van der Waals surface area contributed by atoms with Crippen LogP contribution in [0.15, 0.2) is 48.5 Å². The highest BCUT2D eigenvalue weighted by molar-refractivity contribution is 5.35. The van der Waals surface area contributed by atoms with Crippen molar-refractivity contribution in [2.45, 2.75) is 37.6 Å². The molecule has 23 heavy (non-hydrogen) atoms. The number of nitrogens with zero attached hydrogens (tertiary/aromatic N) is 1. The highest BCUT2D eigenvalue weighted by atomic mass is 16.5. The normalized spacial score (nSPS) is 22.0. The molecule has 0 saturated carbocycles. The molecule has 1 aliphatic carbocycles. The molecule has 4 rings (SSSR count). The van der Waals surface area contributed by atoms with E-state index in [0.29, 0.717) is 12.0 Å². The Hall–Kier alpha value is -1.80. The SMILES string of the molecule is COc1ccc(C2CCN([C@H]3CCc4ccccc43)CC2)cc1. The number of hydrogen-bond donors (Lipinski definition) is 0. The van der Waals surface area contributed by atoms with Crippen LogP contribution in [-0.2, 0) is 6.42 Å². The van der Waals surface area contributed by atoms with E-state index in [1.165, 1.54) is 44.3 Å². The van der Waals surface area contributed by atoms with Crippen LogP contribution in [0.25, 0.3) is 0 Å². The van der Waals surface area contributed by atoms with Gasteiger partial charge >= 0.3 is 0 Å². The quantitative estimate of drug-likeness (QED) is 0.824. The molecule has 0 amide bonds. The van der Waals surface area contributed by atoms with E-state index in [0.717, 1.165) is 5.75 Å². The van der Waals surface area contributed by atoms with Gasteiger partial charge in [-0.05, 0) is 73.5 Å². The van der Waals surface area contributed by atoms with Crippen molar-refractivity contribution in [3.63, 3.8) is 0 Å².